The third-order valence-electron chi connectivity index (χ3n) is 3.33. The maximum Gasteiger partial charge on any atom is 0.0537 e. The van der Waals surface area contributed by atoms with Crippen LogP contribution >= 0.6 is 0 Å². The van der Waals surface area contributed by atoms with Crippen molar-refractivity contribution in [3.63, 3.8) is 0 Å². The highest BCUT2D eigenvalue weighted by atomic mass is 15.3. The molecular weight excluding hydrogens is 222 g/mol. The Hall–Kier alpha value is -0.830. The molecule has 0 radical (unpaired) electrons. The minimum Gasteiger partial charge on any atom is -0.312 e. The molecule has 0 spiro atoms. The van der Waals surface area contributed by atoms with E-state index in [4.69, 9.17) is 0 Å². The molecule has 18 heavy (non-hydrogen) atoms. The molecule has 0 aromatic carbocycles. The van der Waals surface area contributed by atoms with Crippen LogP contribution in [0.4, 0.5) is 0 Å². The summed E-state index contributed by atoms with van der Waals surface area (Å²) < 4.78 is 2.24. The van der Waals surface area contributed by atoms with Crippen molar-refractivity contribution < 1.29 is 0 Å². The van der Waals surface area contributed by atoms with Crippen molar-refractivity contribution in [1.82, 2.24) is 15.1 Å². The molecule has 2 rings (SSSR count). The van der Waals surface area contributed by atoms with Gasteiger partial charge in [0.05, 0.1) is 6.20 Å². The Balaban J connectivity index is 2.02. The second kappa shape index (κ2) is 5.87. The molecule has 0 atom stereocenters. The number of rotatable bonds is 7. The van der Waals surface area contributed by atoms with Crippen LogP contribution in [0.25, 0.3) is 0 Å². The number of hydrogen-bond donors (Lipinski definition) is 1. The van der Waals surface area contributed by atoms with Crippen molar-refractivity contribution in [3.8, 4) is 0 Å². The van der Waals surface area contributed by atoms with Crippen molar-refractivity contribution in [2.24, 2.45) is 11.8 Å². The smallest absolute Gasteiger partial charge is 0.0537 e. The lowest BCUT2D eigenvalue weighted by Gasteiger charge is -2.12. The minimum absolute atomic E-state index is 0.666. The molecule has 1 fully saturated rings. The monoisotopic (exact) mass is 249 g/mol. The first-order chi connectivity index (χ1) is 8.58. The first-order valence-electron chi connectivity index (χ1n) is 7.33. The lowest BCUT2D eigenvalue weighted by atomic mass is 10.1. The zero-order valence-corrected chi connectivity index (χ0v) is 12.2. The van der Waals surface area contributed by atoms with Crippen LogP contribution in [0.5, 0.6) is 0 Å². The van der Waals surface area contributed by atoms with E-state index < -0.39 is 0 Å². The molecule has 3 heteroatoms. The third kappa shape index (κ3) is 3.58. The highest BCUT2D eigenvalue weighted by molar-refractivity contribution is 5.25. The molecule has 1 aromatic heterocycles. The average molecular weight is 249 g/mol. The summed E-state index contributed by atoms with van der Waals surface area (Å²) in [7, 11) is 0. The third-order valence-corrected chi connectivity index (χ3v) is 3.33. The van der Waals surface area contributed by atoms with Gasteiger partial charge in [-0.05, 0) is 31.2 Å². The van der Waals surface area contributed by atoms with Gasteiger partial charge in [-0.2, -0.15) is 5.10 Å². The van der Waals surface area contributed by atoms with Crippen LogP contribution in [0.15, 0.2) is 6.20 Å². The topological polar surface area (TPSA) is 29.9 Å². The highest BCUT2D eigenvalue weighted by Crippen LogP contribution is 2.41. The predicted octanol–water partition coefficient (Wildman–Crippen LogP) is 3.16. The maximum atomic E-state index is 4.59. The Morgan fingerprint density at radius 1 is 1.28 bits per heavy atom. The van der Waals surface area contributed by atoms with Crippen molar-refractivity contribution >= 4 is 0 Å². The Bertz CT molecular complexity index is 375. The maximum absolute atomic E-state index is 4.59. The number of nitrogens with one attached hydrogen (secondary N) is 1. The second-order valence-electron chi connectivity index (χ2n) is 6.43. The van der Waals surface area contributed by atoms with E-state index in [1.807, 2.05) is 0 Å². The van der Waals surface area contributed by atoms with Crippen LogP contribution in [-0.2, 0) is 13.1 Å². The Morgan fingerprint density at radius 2 is 2.00 bits per heavy atom. The second-order valence-corrected chi connectivity index (χ2v) is 6.43. The van der Waals surface area contributed by atoms with Crippen LogP contribution in [0.2, 0.25) is 0 Å². The van der Waals surface area contributed by atoms with Crippen LogP contribution in [0.3, 0.4) is 0 Å². The molecule has 1 aliphatic rings. The summed E-state index contributed by atoms with van der Waals surface area (Å²) in [5.74, 6) is 2.15. The Kier molecular flexibility index (Phi) is 4.44. The summed E-state index contributed by atoms with van der Waals surface area (Å²) in [5, 5.41) is 8.13. The first-order valence-corrected chi connectivity index (χ1v) is 7.33. The van der Waals surface area contributed by atoms with E-state index in [-0.39, 0.29) is 0 Å². The quantitative estimate of drug-likeness (QED) is 0.804. The van der Waals surface area contributed by atoms with Gasteiger partial charge in [0.1, 0.15) is 0 Å². The summed E-state index contributed by atoms with van der Waals surface area (Å²) >= 11 is 0. The van der Waals surface area contributed by atoms with Gasteiger partial charge in [-0.1, -0.05) is 27.7 Å². The van der Waals surface area contributed by atoms with Gasteiger partial charge in [0, 0.05) is 30.3 Å². The van der Waals surface area contributed by atoms with Crippen molar-refractivity contribution in [2.45, 2.75) is 59.5 Å². The molecule has 1 aromatic rings. The van der Waals surface area contributed by atoms with E-state index in [1.54, 1.807) is 0 Å². The normalized spacial score (nSPS) is 15.9. The van der Waals surface area contributed by atoms with Gasteiger partial charge in [0.15, 0.2) is 0 Å². The fourth-order valence-corrected chi connectivity index (χ4v) is 2.39. The summed E-state index contributed by atoms with van der Waals surface area (Å²) in [6.45, 7) is 12.1. The molecule has 1 aliphatic carbocycles. The molecule has 0 bridgehead atoms. The largest absolute Gasteiger partial charge is 0.312 e. The molecule has 1 heterocycles. The lowest BCUT2D eigenvalue weighted by molar-refractivity contribution is 0.467. The van der Waals surface area contributed by atoms with Crippen molar-refractivity contribution in [2.75, 3.05) is 6.54 Å². The van der Waals surface area contributed by atoms with Crippen LogP contribution < -0.4 is 5.32 Å². The van der Waals surface area contributed by atoms with E-state index in [0.29, 0.717) is 11.8 Å². The van der Waals surface area contributed by atoms with E-state index in [9.17, 15) is 0 Å². The fourth-order valence-electron chi connectivity index (χ4n) is 2.39. The minimum atomic E-state index is 0.666. The first kappa shape index (κ1) is 13.6. The van der Waals surface area contributed by atoms with Gasteiger partial charge in [0.25, 0.3) is 0 Å². The molecule has 0 saturated heterocycles. The predicted molar refractivity (Wildman–Crippen MR) is 75.6 cm³/mol. The Morgan fingerprint density at radius 3 is 2.56 bits per heavy atom. The standard InChI is InChI=1S/C15H27N3/c1-11(2)7-16-8-14-9-17-18(10-12(3)4)15(14)13-5-6-13/h9,11-13,16H,5-8,10H2,1-4H3. The van der Waals surface area contributed by atoms with Gasteiger partial charge >= 0.3 is 0 Å². The number of aromatic nitrogens is 2. The van der Waals surface area contributed by atoms with Gasteiger partial charge in [-0.25, -0.2) is 0 Å². The van der Waals surface area contributed by atoms with Crippen molar-refractivity contribution in [1.29, 1.82) is 0 Å². The van der Waals surface area contributed by atoms with Gasteiger partial charge in [0.2, 0.25) is 0 Å². The summed E-state index contributed by atoms with van der Waals surface area (Å²) in [5.41, 5.74) is 2.92. The zero-order chi connectivity index (χ0) is 13.1. The van der Waals surface area contributed by atoms with E-state index in [0.717, 1.165) is 25.6 Å². The molecular formula is C15H27N3. The highest BCUT2D eigenvalue weighted by Gasteiger charge is 2.30. The van der Waals surface area contributed by atoms with Crippen LogP contribution in [0.1, 0.15) is 57.7 Å². The molecule has 1 N–H and O–H groups in total. The SMILES string of the molecule is CC(C)CNCc1cnn(CC(C)C)c1C1CC1. The van der Waals surface area contributed by atoms with Crippen molar-refractivity contribution in [3.05, 3.63) is 17.5 Å². The molecule has 1 saturated carbocycles. The number of hydrogen-bond acceptors (Lipinski definition) is 2. The van der Waals surface area contributed by atoms with Crippen LogP contribution in [-0.4, -0.2) is 16.3 Å². The average Bonchev–Trinajstić information content (AvgIpc) is 3.02. The number of nitrogens with zero attached hydrogens (tertiary/aromatic N) is 2. The molecule has 102 valence electrons. The van der Waals surface area contributed by atoms with E-state index >= 15 is 0 Å². The molecule has 0 unspecified atom stereocenters. The summed E-state index contributed by atoms with van der Waals surface area (Å²) in [6.07, 6.45) is 4.77. The summed E-state index contributed by atoms with van der Waals surface area (Å²) in [6, 6.07) is 0. The Labute approximate surface area is 111 Å². The van der Waals surface area contributed by atoms with E-state index in [1.165, 1.54) is 24.1 Å². The molecule has 3 nitrogen and oxygen atoms in total. The zero-order valence-electron chi connectivity index (χ0n) is 12.2. The molecule has 0 amide bonds. The summed E-state index contributed by atoms with van der Waals surface area (Å²) in [4.78, 5) is 0. The van der Waals surface area contributed by atoms with Gasteiger partial charge < -0.3 is 5.32 Å². The van der Waals surface area contributed by atoms with Gasteiger partial charge in [-0.15, -0.1) is 0 Å². The fraction of sp³-hybridized carbons (Fsp3) is 0.800. The van der Waals surface area contributed by atoms with Crippen LogP contribution in [0, 0.1) is 11.8 Å². The van der Waals surface area contributed by atoms with Gasteiger partial charge in [-0.3, -0.25) is 4.68 Å². The molecule has 0 aliphatic heterocycles. The lowest BCUT2D eigenvalue weighted by Crippen LogP contribution is -2.20. The van der Waals surface area contributed by atoms with E-state index in [2.05, 4.69) is 49.0 Å².